The lowest BCUT2D eigenvalue weighted by molar-refractivity contribution is -0.132. The molecule has 4 heteroatoms. The molecule has 0 fully saturated rings. The summed E-state index contributed by atoms with van der Waals surface area (Å²) in [6.45, 7) is 4.98. The van der Waals surface area contributed by atoms with Crippen LogP contribution in [0.15, 0.2) is 48.5 Å². The largest absolute Gasteiger partial charge is 0.426 e. The number of rotatable bonds is 7. The Kier molecular flexibility index (Phi) is 6.75. The summed E-state index contributed by atoms with van der Waals surface area (Å²) in [7, 11) is 0. The van der Waals surface area contributed by atoms with E-state index in [1.807, 2.05) is 48.5 Å². The summed E-state index contributed by atoms with van der Waals surface area (Å²) < 4.78 is 10.5. The van der Waals surface area contributed by atoms with Gasteiger partial charge in [-0.2, -0.15) is 0 Å². The van der Waals surface area contributed by atoms with E-state index in [4.69, 9.17) is 9.47 Å². The average molecular weight is 340 g/mol. The van der Waals surface area contributed by atoms with Crippen LogP contribution in [0, 0.1) is 5.92 Å². The monoisotopic (exact) mass is 340 g/mol. The molecule has 0 spiro atoms. The third-order valence-corrected chi connectivity index (χ3v) is 3.93. The topological polar surface area (TPSA) is 52.6 Å². The zero-order valence-corrected chi connectivity index (χ0v) is 15.0. The van der Waals surface area contributed by atoms with E-state index >= 15 is 0 Å². The van der Waals surface area contributed by atoms with Crippen molar-refractivity contribution in [1.29, 1.82) is 0 Å². The van der Waals surface area contributed by atoms with E-state index in [-0.39, 0.29) is 11.9 Å². The number of benzene rings is 2. The first-order chi connectivity index (χ1) is 12.0. The van der Waals surface area contributed by atoms with Gasteiger partial charge in [-0.05, 0) is 48.4 Å². The number of aryl methyl sites for hydroxylation is 1. The normalized spacial score (nSPS) is 11.6. The lowest BCUT2D eigenvalue weighted by atomic mass is 9.94. The molecule has 2 aromatic carbocycles. The number of esters is 2. The molecule has 25 heavy (non-hydrogen) atoms. The van der Waals surface area contributed by atoms with Crippen LogP contribution in [-0.2, 0) is 22.4 Å². The lowest BCUT2D eigenvalue weighted by Crippen LogP contribution is -2.08. The molecule has 0 unspecified atom stereocenters. The Balaban J connectivity index is 1.99. The van der Waals surface area contributed by atoms with Gasteiger partial charge in [0.25, 0.3) is 0 Å². The summed E-state index contributed by atoms with van der Waals surface area (Å²) >= 11 is 0. The van der Waals surface area contributed by atoms with Crippen molar-refractivity contribution in [2.45, 2.75) is 40.0 Å². The van der Waals surface area contributed by atoms with E-state index in [2.05, 4.69) is 6.92 Å². The first kappa shape index (κ1) is 18.7. The summed E-state index contributed by atoms with van der Waals surface area (Å²) in [5.41, 5.74) is 2.05. The molecule has 0 heterocycles. The maximum atomic E-state index is 11.2. The van der Waals surface area contributed by atoms with Gasteiger partial charge < -0.3 is 9.47 Å². The maximum absolute atomic E-state index is 11.2. The quantitative estimate of drug-likeness (QED) is 0.555. The van der Waals surface area contributed by atoms with Gasteiger partial charge in [-0.1, -0.05) is 43.3 Å². The van der Waals surface area contributed by atoms with E-state index in [0.29, 0.717) is 17.4 Å². The predicted octanol–water partition coefficient (Wildman–Crippen LogP) is 4.35. The molecule has 132 valence electrons. The Morgan fingerprint density at radius 1 is 0.840 bits per heavy atom. The highest BCUT2D eigenvalue weighted by Gasteiger charge is 2.12. The molecule has 0 saturated carbocycles. The van der Waals surface area contributed by atoms with E-state index < -0.39 is 0 Å². The Bertz CT molecular complexity index is 736. The Hall–Kier alpha value is -2.62. The molecule has 2 rings (SSSR count). The Morgan fingerprint density at radius 3 is 1.88 bits per heavy atom. The summed E-state index contributed by atoms with van der Waals surface area (Å²) in [6, 6.07) is 15.2. The second-order valence-corrected chi connectivity index (χ2v) is 6.25. The number of carbonyl (C=O) groups excluding carboxylic acids is 2. The zero-order chi connectivity index (χ0) is 18.2. The molecule has 0 N–H and O–H groups in total. The van der Waals surface area contributed by atoms with Crippen LogP contribution in [0.5, 0.6) is 11.5 Å². The van der Waals surface area contributed by atoms with Crippen LogP contribution in [0.3, 0.4) is 0 Å². The minimum Gasteiger partial charge on any atom is -0.426 e. The van der Waals surface area contributed by atoms with Gasteiger partial charge in [-0.3, -0.25) is 9.59 Å². The van der Waals surface area contributed by atoms with Gasteiger partial charge in [-0.15, -0.1) is 0 Å². The SMILES string of the molecule is CC(=O)Oc1ccccc1CC[C@@H](C)Cc1ccccc1OC(C)=O. The third-order valence-electron chi connectivity index (χ3n) is 3.93. The smallest absolute Gasteiger partial charge is 0.308 e. The van der Waals surface area contributed by atoms with Gasteiger partial charge in [0.15, 0.2) is 0 Å². The van der Waals surface area contributed by atoms with E-state index in [1.165, 1.54) is 13.8 Å². The van der Waals surface area contributed by atoms with Crippen LogP contribution >= 0.6 is 0 Å². The zero-order valence-electron chi connectivity index (χ0n) is 15.0. The molecular formula is C21H24O4. The molecule has 1 atom stereocenters. The van der Waals surface area contributed by atoms with Crippen LogP contribution < -0.4 is 9.47 Å². The summed E-state index contributed by atoms with van der Waals surface area (Å²) in [5, 5.41) is 0. The molecule has 4 nitrogen and oxygen atoms in total. The Labute approximate surface area is 148 Å². The summed E-state index contributed by atoms with van der Waals surface area (Å²) in [5.74, 6) is 1.03. The fraction of sp³-hybridized carbons (Fsp3) is 0.333. The summed E-state index contributed by atoms with van der Waals surface area (Å²) in [4.78, 5) is 22.4. The number of hydrogen-bond acceptors (Lipinski definition) is 4. The van der Waals surface area contributed by atoms with Crippen molar-refractivity contribution in [2.24, 2.45) is 5.92 Å². The van der Waals surface area contributed by atoms with Gasteiger partial charge in [0.05, 0.1) is 0 Å². The van der Waals surface area contributed by atoms with Crippen molar-refractivity contribution in [1.82, 2.24) is 0 Å². The van der Waals surface area contributed by atoms with Crippen molar-refractivity contribution in [3.8, 4) is 11.5 Å². The third kappa shape index (κ3) is 6.07. The number of ether oxygens (including phenoxy) is 2. The second-order valence-electron chi connectivity index (χ2n) is 6.25. The minimum absolute atomic E-state index is 0.309. The lowest BCUT2D eigenvalue weighted by Gasteiger charge is -2.15. The minimum atomic E-state index is -0.310. The van der Waals surface area contributed by atoms with E-state index in [0.717, 1.165) is 30.4 Å². The van der Waals surface area contributed by atoms with Gasteiger partial charge in [0, 0.05) is 13.8 Å². The molecule has 0 bridgehead atoms. The second kappa shape index (κ2) is 9.02. The molecule has 2 aromatic rings. The standard InChI is InChI=1S/C21H24O4/c1-15(14-19-9-5-7-11-21(19)25-17(3)23)12-13-18-8-4-6-10-20(18)24-16(2)22/h4-11,15H,12-14H2,1-3H3/t15-/m1/s1. The molecule has 0 aliphatic rings. The number of para-hydroxylation sites is 2. The fourth-order valence-corrected chi connectivity index (χ4v) is 2.77. The van der Waals surface area contributed by atoms with Crippen molar-refractivity contribution in [3.05, 3.63) is 59.7 Å². The van der Waals surface area contributed by atoms with E-state index in [1.54, 1.807) is 0 Å². The Morgan fingerprint density at radius 2 is 1.32 bits per heavy atom. The highest BCUT2D eigenvalue weighted by molar-refractivity contribution is 5.70. The van der Waals surface area contributed by atoms with Crippen LogP contribution in [0.25, 0.3) is 0 Å². The molecule has 0 aromatic heterocycles. The highest BCUT2D eigenvalue weighted by atomic mass is 16.5. The fourth-order valence-electron chi connectivity index (χ4n) is 2.77. The van der Waals surface area contributed by atoms with Crippen molar-refractivity contribution < 1.29 is 19.1 Å². The van der Waals surface area contributed by atoms with Gasteiger partial charge >= 0.3 is 11.9 Å². The summed E-state index contributed by atoms with van der Waals surface area (Å²) in [6.07, 6.45) is 2.58. The maximum Gasteiger partial charge on any atom is 0.308 e. The van der Waals surface area contributed by atoms with E-state index in [9.17, 15) is 9.59 Å². The van der Waals surface area contributed by atoms with Gasteiger partial charge in [0.2, 0.25) is 0 Å². The number of carbonyl (C=O) groups is 2. The molecule has 0 amide bonds. The average Bonchev–Trinajstić information content (AvgIpc) is 2.55. The van der Waals surface area contributed by atoms with Crippen molar-refractivity contribution in [3.63, 3.8) is 0 Å². The van der Waals surface area contributed by atoms with Crippen LogP contribution in [0.1, 0.15) is 38.3 Å². The first-order valence-corrected chi connectivity index (χ1v) is 8.48. The molecule has 0 aliphatic heterocycles. The van der Waals surface area contributed by atoms with Crippen LogP contribution in [0.2, 0.25) is 0 Å². The number of hydrogen-bond donors (Lipinski definition) is 0. The predicted molar refractivity (Wildman–Crippen MR) is 96.7 cm³/mol. The highest BCUT2D eigenvalue weighted by Crippen LogP contribution is 2.25. The van der Waals surface area contributed by atoms with Crippen LogP contribution in [-0.4, -0.2) is 11.9 Å². The van der Waals surface area contributed by atoms with Crippen LogP contribution in [0.4, 0.5) is 0 Å². The van der Waals surface area contributed by atoms with Gasteiger partial charge in [-0.25, -0.2) is 0 Å². The van der Waals surface area contributed by atoms with Crippen molar-refractivity contribution >= 4 is 11.9 Å². The van der Waals surface area contributed by atoms with Gasteiger partial charge in [0.1, 0.15) is 11.5 Å². The molecule has 0 saturated heterocycles. The molecular weight excluding hydrogens is 316 g/mol. The molecule has 0 radical (unpaired) electrons. The molecule has 0 aliphatic carbocycles. The first-order valence-electron chi connectivity index (χ1n) is 8.48. The van der Waals surface area contributed by atoms with Crippen molar-refractivity contribution in [2.75, 3.05) is 0 Å².